The molecule has 1 aromatic carbocycles. The van der Waals surface area contributed by atoms with Crippen molar-refractivity contribution in [2.75, 3.05) is 38.4 Å². The molecule has 0 unspecified atom stereocenters. The predicted octanol–water partition coefficient (Wildman–Crippen LogP) is 1.49. The maximum Gasteiger partial charge on any atom is 0.256 e. The summed E-state index contributed by atoms with van der Waals surface area (Å²) < 4.78 is 12.5. The molecular weight excluding hydrogens is 336 g/mol. The number of likely N-dealkylation sites (tertiary alicyclic amines) is 1. The van der Waals surface area contributed by atoms with Gasteiger partial charge in [0.1, 0.15) is 5.82 Å². The van der Waals surface area contributed by atoms with Gasteiger partial charge < -0.3 is 24.8 Å². The van der Waals surface area contributed by atoms with E-state index < -0.39 is 0 Å². The lowest BCUT2D eigenvalue weighted by Gasteiger charge is -2.32. The highest BCUT2D eigenvalue weighted by Crippen LogP contribution is 2.33. The van der Waals surface area contributed by atoms with Crippen LogP contribution in [0, 0.1) is 0 Å². The van der Waals surface area contributed by atoms with Crippen molar-refractivity contribution in [2.24, 2.45) is 0 Å². The molecule has 0 radical (unpaired) electrons. The van der Waals surface area contributed by atoms with Crippen LogP contribution in [-0.2, 0) is 0 Å². The molecule has 0 aliphatic carbocycles. The minimum absolute atomic E-state index is 0.183. The van der Waals surface area contributed by atoms with Crippen LogP contribution in [0.5, 0.6) is 11.5 Å². The summed E-state index contributed by atoms with van der Waals surface area (Å²) in [7, 11) is 0. The third-order valence-corrected chi connectivity index (χ3v) is 4.87. The number of carbonyl (C=O) groups excluding carboxylic acids is 1. The molecule has 4 rings (SSSR count). The van der Waals surface area contributed by atoms with E-state index in [1.807, 2.05) is 10.7 Å². The average molecular weight is 358 g/mol. The van der Waals surface area contributed by atoms with Crippen molar-refractivity contribution in [2.45, 2.75) is 18.9 Å². The normalized spacial score (nSPS) is 17.4. The number of aromatic nitrogens is 2. The molecule has 2 N–H and O–H groups in total. The van der Waals surface area contributed by atoms with Crippen LogP contribution in [0.1, 0.15) is 29.2 Å². The molecule has 0 bridgehead atoms. The average Bonchev–Trinajstić information content (AvgIpc) is 3.31. The predicted molar refractivity (Wildman–Crippen MR) is 94.5 cm³/mol. The summed E-state index contributed by atoms with van der Waals surface area (Å²) in [6.07, 6.45) is 3.58. The van der Waals surface area contributed by atoms with Gasteiger partial charge in [0, 0.05) is 31.3 Å². The molecule has 1 amide bonds. The van der Waals surface area contributed by atoms with E-state index in [9.17, 15) is 4.79 Å². The number of rotatable bonds is 5. The second-order valence-corrected chi connectivity index (χ2v) is 6.48. The summed E-state index contributed by atoms with van der Waals surface area (Å²) in [6.45, 7) is 2.91. The van der Waals surface area contributed by atoms with Crippen LogP contribution < -0.4 is 14.8 Å². The lowest BCUT2D eigenvalue weighted by Crippen LogP contribution is -2.37. The molecule has 2 aliphatic rings. The van der Waals surface area contributed by atoms with Crippen molar-refractivity contribution >= 4 is 11.7 Å². The van der Waals surface area contributed by atoms with Gasteiger partial charge in [-0.2, -0.15) is 5.10 Å². The molecule has 3 heterocycles. The number of carbonyl (C=O) groups is 1. The lowest BCUT2D eigenvalue weighted by molar-refractivity contribution is 0.102. The highest BCUT2D eigenvalue weighted by atomic mass is 16.7. The van der Waals surface area contributed by atoms with E-state index in [1.54, 1.807) is 24.4 Å². The number of aliphatic hydroxyl groups is 1. The Balaban J connectivity index is 1.43. The third kappa shape index (κ3) is 3.38. The van der Waals surface area contributed by atoms with Gasteiger partial charge >= 0.3 is 0 Å². The van der Waals surface area contributed by atoms with E-state index in [0.717, 1.165) is 25.9 Å². The molecule has 26 heavy (non-hydrogen) atoms. The molecule has 1 aromatic heterocycles. The Kier molecular flexibility index (Phi) is 4.77. The number of β-amino-alcohol motifs (C(OH)–C–C–N with tert-alkyl or cyclic N) is 1. The van der Waals surface area contributed by atoms with Gasteiger partial charge in [-0.1, -0.05) is 0 Å². The Bertz CT molecular complexity index is 783. The zero-order valence-electron chi connectivity index (χ0n) is 14.4. The number of piperidine rings is 1. The molecule has 8 heteroatoms. The number of nitrogens with one attached hydrogen (secondary N) is 1. The number of nitrogens with zero attached hydrogens (tertiary/aromatic N) is 3. The van der Waals surface area contributed by atoms with E-state index in [2.05, 4.69) is 15.3 Å². The van der Waals surface area contributed by atoms with Gasteiger partial charge in [-0.15, -0.1) is 0 Å². The van der Waals surface area contributed by atoms with Crippen LogP contribution in [0.3, 0.4) is 0 Å². The van der Waals surface area contributed by atoms with E-state index in [1.165, 1.54) is 0 Å². The SMILES string of the molecule is O=C(Nc1ccnn1C1CCN(CCO)CC1)c1ccc2c(c1)OCO2. The van der Waals surface area contributed by atoms with Crippen molar-refractivity contribution in [3.05, 3.63) is 36.0 Å². The summed E-state index contributed by atoms with van der Waals surface area (Å²) in [4.78, 5) is 14.8. The van der Waals surface area contributed by atoms with Gasteiger partial charge in [0.25, 0.3) is 5.91 Å². The summed E-state index contributed by atoms with van der Waals surface area (Å²) in [5.41, 5.74) is 0.514. The lowest BCUT2D eigenvalue weighted by atomic mass is 10.1. The second kappa shape index (κ2) is 7.35. The van der Waals surface area contributed by atoms with Crippen molar-refractivity contribution in [1.29, 1.82) is 0 Å². The Morgan fingerprint density at radius 2 is 2.04 bits per heavy atom. The van der Waals surface area contributed by atoms with Crippen LogP contribution in [0.2, 0.25) is 0 Å². The maximum atomic E-state index is 12.6. The fourth-order valence-electron chi connectivity index (χ4n) is 3.46. The number of benzene rings is 1. The van der Waals surface area contributed by atoms with Crippen LogP contribution in [0.25, 0.3) is 0 Å². The second-order valence-electron chi connectivity index (χ2n) is 6.48. The van der Waals surface area contributed by atoms with Gasteiger partial charge in [-0.25, -0.2) is 4.68 Å². The Hall–Kier alpha value is -2.58. The van der Waals surface area contributed by atoms with Crippen LogP contribution in [0.4, 0.5) is 5.82 Å². The van der Waals surface area contributed by atoms with Crippen molar-refractivity contribution in [3.63, 3.8) is 0 Å². The van der Waals surface area contributed by atoms with E-state index in [4.69, 9.17) is 14.6 Å². The standard InChI is InChI=1S/C18H22N4O4/c23-10-9-21-7-4-14(5-8-21)22-17(3-6-19-22)20-18(24)13-1-2-15-16(11-13)26-12-25-15/h1-3,6,11,14,23H,4-5,7-10,12H2,(H,20,24). The number of hydrogen-bond donors (Lipinski definition) is 2. The number of amides is 1. The van der Waals surface area contributed by atoms with Gasteiger partial charge in [-0.05, 0) is 31.0 Å². The van der Waals surface area contributed by atoms with Crippen LogP contribution in [-0.4, -0.2) is 58.7 Å². The fraction of sp³-hybridized carbons (Fsp3) is 0.444. The first-order valence-electron chi connectivity index (χ1n) is 8.82. The number of aliphatic hydroxyl groups excluding tert-OH is 1. The Morgan fingerprint density at radius 3 is 2.85 bits per heavy atom. The maximum absolute atomic E-state index is 12.6. The molecule has 1 saturated heterocycles. The summed E-state index contributed by atoms with van der Waals surface area (Å²) in [6, 6.07) is 7.20. The molecular formula is C18H22N4O4. The highest BCUT2D eigenvalue weighted by molar-refractivity contribution is 6.04. The highest BCUT2D eigenvalue weighted by Gasteiger charge is 2.23. The first-order valence-corrected chi connectivity index (χ1v) is 8.82. The molecule has 0 spiro atoms. The van der Waals surface area contributed by atoms with Crippen molar-refractivity contribution < 1.29 is 19.4 Å². The summed E-state index contributed by atoms with van der Waals surface area (Å²) >= 11 is 0. The van der Waals surface area contributed by atoms with Gasteiger partial charge in [0.2, 0.25) is 6.79 Å². The van der Waals surface area contributed by atoms with Gasteiger partial charge in [0.05, 0.1) is 18.8 Å². The topological polar surface area (TPSA) is 88.9 Å². The number of fused-ring (bicyclic) bond motifs is 1. The van der Waals surface area contributed by atoms with E-state index >= 15 is 0 Å². The molecule has 2 aromatic rings. The minimum atomic E-state index is -0.206. The summed E-state index contributed by atoms with van der Waals surface area (Å²) in [5, 5.41) is 16.4. The van der Waals surface area contributed by atoms with Gasteiger partial charge in [0.15, 0.2) is 11.5 Å². The van der Waals surface area contributed by atoms with Crippen LogP contribution >= 0.6 is 0 Å². The minimum Gasteiger partial charge on any atom is -0.454 e. The third-order valence-electron chi connectivity index (χ3n) is 4.87. The van der Waals surface area contributed by atoms with E-state index in [0.29, 0.717) is 29.4 Å². The van der Waals surface area contributed by atoms with Crippen molar-refractivity contribution in [3.8, 4) is 11.5 Å². The molecule has 138 valence electrons. The van der Waals surface area contributed by atoms with Gasteiger partial charge in [-0.3, -0.25) is 4.79 Å². The first kappa shape index (κ1) is 16.9. The van der Waals surface area contributed by atoms with Crippen LogP contribution in [0.15, 0.2) is 30.5 Å². The van der Waals surface area contributed by atoms with Crippen molar-refractivity contribution in [1.82, 2.24) is 14.7 Å². The first-order chi connectivity index (χ1) is 12.7. The molecule has 0 saturated carbocycles. The molecule has 8 nitrogen and oxygen atoms in total. The zero-order valence-corrected chi connectivity index (χ0v) is 14.4. The molecule has 1 fully saturated rings. The molecule has 0 atom stereocenters. The quantitative estimate of drug-likeness (QED) is 0.842. The monoisotopic (exact) mass is 358 g/mol. The van der Waals surface area contributed by atoms with E-state index in [-0.39, 0.29) is 25.3 Å². The molecule has 2 aliphatic heterocycles. The number of hydrogen-bond acceptors (Lipinski definition) is 6. The largest absolute Gasteiger partial charge is 0.454 e. The number of ether oxygens (including phenoxy) is 2. The number of anilines is 1. The Morgan fingerprint density at radius 1 is 1.23 bits per heavy atom. The Labute approximate surface area is 151 Å². The fourth-order valence-corrected chi connectivity index (χ4v) is 3.46. The summed E-state index contributed by atoms with van der Waals surface area (Å²) in [5.74, 6) is 1.72. The zero-order chi connectivity index (χ0) is 17.9. The smallest absolute Gasteiger partial charge is 0.256 e.